The Morgan fingerprint density at radius 1 is 1.24 bits per heavy atom. The van der Waals surface area contributed by atoms with Crippen LogP contribution in [-0.2, 0) is 14.3 Å². The van der Waals surface area contributed by atoms with Crippen LogP contribution in [-0.4, -0.2) is 35.6 Å². The van der Waals surface area contributed by atoms with Crippen LogP contribution in [0, 0.1) is 0 Å². The highest BCUT2D eigenvalue weighted by atomic mass is 35.5. The van der Waals surface area contributed by atoms with Gasteiger partial charge < -0.3 is 21.1 Å². The molecule has 1 aromatic heterocycles. The van der Waals surface area contributed by atoms with Crippen LogP contribution >= 0.6 is 36.2 Å². The second kappa shape index (κ2) is 8.77. The molecule has 0 aliphatic carbocycles. The van der Waals surface area contributed by atoms with E-state index in [0.29, 0.717) is 36.9 Å². The summed E-state index contributed by atoms with van der Waals surface area (Å²) in [6.07, 6.45) is 1.02. The van der Waals surface area contributed by atoms with E-state index in [9.17, 15) is 9.59 Å². The number of thiazole rings is 1. The summed E-state index contributed by atoms with van der Waals surface area (Å²) in [7, 11) is 0. The van der Waals surface area contributed by atoms with Crippen LogP contribution in [0.4, 0.5) is 10.8 Å². The number of halogens is 2. The molecule has 0 spiro atoms. The Kier molecular flexibility index (Phi) is 7.58. The minimum absolute atomic E-state index is 0. The van der Waals surface area contributed by atoms with Crippen LogP contribution < -0.4 is 16.4 Å². The smallest absolute Gasteiger partial charge is 0.244 e. The van der Waals surface area contributed by atoms with Crippen molar-refractivity contribution in [3.05, 3.63) is 18.2 Å². The van der Waals surface area contributed by atoms with Crippen molar-refractivity contribution in [1.82, 2.24) is 4.98 Å². The van der Waals surface area contributed by atoms with Gasteiger partial charge in [0.1, 0.15) is 5.54 Å². The van der Waals surface area contributed by atoms with Gasteiger partial charge in [-0.15, -0.1) is 24.8 Å². The molecule has 0 bridgehead atoms. The molecule has 0 atom stereocenters. The van der Waals surface area contributed by atoms with Gasteiger partial charge in [0.05, 0.1) is 10.2 Å². The first-order chi connectivity index (χ1) is 11.0. The van der Waals surface area contributed by atoms with Crippen LogP contribution in [0.2, 0.25) is 0 Å². The molecule has 25 heavy (non-hydrogen) atoms. The van der Waals surface area contributed by atoms with E-state index in [1.807, 2.05) is 6.07 Å². The number of benzene rings is 1. The van der Waals surface area contributed by atoms with Crippen molar-refractivity contribution in [2.75, 3.05) is 23.8 Å². The molecule has 2 amide bonds. The van der Waals surface area contributed by atoms with Crippen molar-refractivity contribution in [3.8, 4) is 0 Å². The van der Waals surface area contributed by atoms with Crippen molar-refractivity contribution in [2.24, 2.45) is 5.73 Å². The molecule has 0 saturated carbocycles. The Labute approximate surface area is 161 Å². The molecule has 1 aliphatic heterocycles. The lowest BCUT2D eigenvalue weighted by Crippen LogP contribution is -2.54. The molecule has 7 nitrogen and oxygen atoms in total. The number of rotatable bonds is 3. The number of nitrogens with zero attached hydrogens (tertiary/aromatic N) is 1. The largest absolute Gasteiger partial charge is 0.381 e. The summed E-state index contributed by atoms with van der Waals surface area (Å²) in [5.41, 5.74) is 6.72. The Bertz CT molecular complexity index is 762. The van der Waals surface area contributed by atoms with Crippen LogP contribution in [0.1, 0.15) is 19.8 Å². The highest BCUT2D eigenvalue weighted by Gasteiger charge is 2.35. The van der Waals surface area contributed by atoms with Gasteiger partial charge in [0.15, 0.2) is 5.13 Å². The van der Waals surface area contributed by atoms with Gasteiger partial charge in [0, 0.05) is 25.8 Å². The number of aromatic nitrogens is 1. The average Bonchev–Trinajstić information content (AvgIpc) is 2.88. The van der Waals surface area contributed by atoms with Gasteiger partial charge in [-0.1, -0.05) is 11.3 Å². The number of amides is 2. The van der Waals surface area contributed by atoms with Gasteiger partial charge in [-0.05, 0) is 31.0 Å². The number of fused-ring (bicyclic) bond motifs is 1. The van der Waals surface area contributed by atoms with Gasteiger partial charge in [-0.25, -0.2) is 4.98 Å². The number of carbonyl (C=O) groups is 2. The predicted octanol–water partition coefficient (Wildman–Crippen LogP) is 2.54. The summed E-state index contributed by atoms with van der Waals surface area (Å²) in [6, 6.07) is 5.42. The number of nitrogens with one attached hydrogen (secondary N) is 2. The molecule has 1 fully saturated rings. The summed E-state index contributed by atoms with van der Waals surface area (Å²) in [5, 5.41) is 6.06. The zero-order chi connectivity index (χ0) is 16.4. The van der Waals surface area contributed by atoms with E-state index in [2.05, 4.69) is 15.6 Å². The van der Waals surface area contributed by atoms with Crippen LogP contribution in [0.25, 0.3) is 10.2 Å². The standard InChI is InChI=1S/C15H18N4O3S.2ClH/c1-9(20)17-14-19-11-3-2-10(8-12(11)23-14)18-13(21)15(16)4-6-22-7-5-15;;/h2-3,8H,4-7,16H2,1H3,(H,18,21)(H,17,19,20);2*1H. The molecule has 138 valence electrons. The van der Waals surface area contributed by atoms with Gasteiger partial charge >= 0.3 is 0 Å². The van der Waals surface area contributed by atoms with E-state index >= 15 is 0 Å². The lowest BCUT2D eigenvalue weighted by Gasteiger charge is -2.31. The molecular formula is C15H20Cl2N4O3S. The molecule has 10 heteroatoms. The quantitative estimate of drug-likeness (QED) is 0.725. The molecule has 0 unspecified atom stereocenters. The summed E-state index contributed by atoms with van der Waals surface area (Å²) in [5.74, 6) is -0.367. The molecule has 3 rings (SSSR count). The van der Waals surface area contributed by atoms with Crippen LogP contribution in [0.5, 0.6) is 0 Å². The number of hydrogen-bond donors (Lipinski definition) is 3. The lowest BCUT2D eigenvalue weighted by molar-refractivity contribution is -0.124. The number of carbonyl (C=O) groups excluding carboxylic acids is 2. The summed E-state index contributed by atoms with van der Waals surface area (Å²) >= 11 is 1.36. The molecule has 2 heterocycles. The van der Waals surface area contributed by atoms with Crippen molar-refractivity contribution >= 4 is 69.0 Å². The average molecular weight is 407 g/mol. The molecule has 2 aromatic rings. The summed E-state index contributed by atoms with van der Waals surface area (Å²) in [6.45, 7) is 2.43. The fraction of sp³-hybridized carbons (Fsp3) is 0.400. The third kappa shape index (κ3) is 5.02. The second-order valence-corrected chi connectivity index (χ2v) is 6.64. The monoisotopic (exact) mass is 406 g/mol. The van der Waals surface area contributed by atoms with E-state index in [4.69, 9.17) is 10.5 Å². The van der Waals surface area contributed by atoms with Crippen molar-refractivity contribution in [3.63, 3.8) is 0 Å². The topological polar surface area (TPSA) is 106 Å². The maximum atomic E-state index is 12.4. The van der Waals surface area contributed by atoms with E-state index < -0.39 is 5.54 Å². The van der Waals surface area contributed by atoms with E-state index in [1.165, 1.54) is 18.3 Å². The summed E-state index contributed by atoms with van der Waals surface area (Å²) < 4.78 is 6.14. The second-order valence-electron chi connectivity index (χ2n) is 5.61. The molecule has 4 N–H and O–H groups in total. The fourth-order valence-corrected chi connectivity index (χ4v) is 3.38. The van der Waals surface area contributed by atoms with E-state index in [1.54, 1.807) is 12.1 Å². The first-order valence-corrected chi connectivity index (χ1v) is 8.14. The zero-order valence-electron chi connectivity index (χ0n) is 13.5. The lowest BCUT2D eigenvalue weighted by atomic mass is 9.90. The molecule has 1 saturated heterocycles. The number of hydrogen-bond acceptors (Lipinski definition) is 6. The van der Waals surface area contributed by atoms with Crippen molar-refractivity contribution < 1.29 is 14.3 Å². The highest BCUT2D eigenvalue weighted by molar-refractivity contribution is 7.22. The Morgan fingerprint density at radius 3 is 2.56 bits per heavy atom. The predicted molar refractivity (Wildman–Crippen MR) is 104 cm³/mol. The molecular weight excluding hydrogens is 387 g/mol. The van der Waals surface area contributed by atoms with Crippen LogP contribution in [0.3, 0.4) is 0 Å². The SMILES string of the molecule is CC(=O)Nc1nc2ccc(NC(=O)C3(N)CCOCC3)cc2s1.Cl.Cl. The highest BCUT2D eigenvalue weighted by Crippen LogP contribution is 2.29. The Morgan fingerprint density at radius 2 is 1.92 bits per heavy atom. The van der Waals surface area contributed by atoms with Crippen molar-refractivity contribution in [1.29, 1.82) is 0 Å². The third-order valence-electron chi connectivity index (χ3n) is 3.77. The number of nitrogens with two attached hydrogens (primary N) is 1. The maximum Gasteiger partial charge on any atom is 0.244 e. The van der Waals surface area contributed by atoms with E-state index in [0.717, 1.165) is 10.2 Å². The van der Waals surface area contributed by atoms with Gasteiger partial charge in [-0.3, -0.25) is 9.59 Å². The molecule has 1 aliphatic rings. The normalized spacial score (nSPS) is 15.6. The van der Waals surface area contributed by atoms with Gasteiger partial charge in [0.25, 0.3) is 0 Å². The first kappa shape index (κ1) is 21.6. The molecule has 0 radical (unpaired) electrons. The number of anilines is 2. The Hall–Kier alpha value is -1.45. The summed E-state index contributed by atoms with van der Waals surface area (Å²) in [4.78, 5) is 27.8. The maximum absolute atomic E-state index is 12.4. The van der Waals surface area contributed by atoms with Gasteiger partial charge in [0.2, 0.25) is 11.8 Å². The van der Waals surface area contributed by atoms with Crippen LogP contribution in [0.15, 0.2) is 18.2 Å². The Balaban J connectivity index is 0.00000156. The third-order valence-corrected chi connectivity index (χ3v) is 4.70. The number of ether oxygens (including phenoxy) is 1. The van der Waals surface area contributed by atoms with Crippen molar-refractivity contribution in [2.45, 2.75) is 25.3 Å². The van der Waals surface area contributed by atoms with E-state index in [-0.39, 0.29) is 36.6 Å². The minimum atomic E-state index is -0.887. The molecule has 1 aromatic carbocycles. The van der Waals surface area contributed by atoms with Gasteiger partial charge in [-0.2, -0.15) is 0 Å². The first-order valence-electron chi connectivity index (χ1n) is 7.32. The zero-order valence-corrected chi connectivity index (χ0v) is 16.0. The fourth-order valence-electron chi connectivity index (χ4n) is 2.42. The minimum Gasteiger partial charge on any atom is -0.381 e.